The quantitative estimate of drug-likeness (QED) is 0.267. The third-order valence-electron chi connectivity index (χ3n) is 4.18. The second-order valence-electron chi connectivity index (χ2n) is 6.72. The molecule has 0 spiro atoms. The molecule has 0 saturated carbocycles. The van der Waals surface area contributed by atoms with Crippen LogP contribution in [0.5, 0.6) is 17.2 Å². The summed E-state index contributed by atoms with van der Waals surface area (Å²) < 4.78 is 132. The van der Waals surface area contributed by atoms with Crippen molar-refractivity contribution in [2.75, 3.05) is 0 Å². The first-order valence-corrected chi connectivity index (χ1v) is 9.23. The molecule has 3 aromatic rings. The first-order chi connectivity index (χ1) is 15.7. The fourth-order valence-electron chi connectivity index (χ4n) is 2.64. The lowest BCUT2D eigenvalue weighted by Gasteiger charge is -2.18. The van der Waals surface area contributed by atoms with E-state index < -0.39 is 59.8 Å². The van der Waals surface area contributed by atoms with Crippen LogP contribution in [0.2, 0.25) is 0 Å². The van der Waals surface area contributed by atoms with Crippen molar-refractivity contribution in [3.63, 3.8) is 0 Å². The van der Waals surface area contributed by atoms with Gasteiger partial charge in [0.25, 0.3) is 0 Å². The minimum atomic E-state index is -4.74. The first-order valence-electron chi connectivity index (χ1n) is 9.23. The van der Waals surface area contributed by atoms with Crippen LogP contribution in [0, 0.1) is 0 Å². The Morgan fingerprint density at radius 2 is 0.706 bits per heavy atom. The summed E-state index contributed by atoms with van der Waals surface area (Å²) >= 11 is 0. The fraction of sp³-hybridized carbons (Fsp3) is 0.143. The van der Waals surface area contributed by atoms with Gasteiger partial charge in [0.1, 0.15) is 17.2 Å². The molecule has 3 nitrogen and oxygen atoms in total. The Morgan fingerprint density at radius 1 is 0.441 bits per heavy atom. The Hall–Kier alpha value is -3.51. The van der Waals surface area contributed by atoms with Gasteiger partial charge >= 0.3 is 25.9 Å². The molecule has 0 unspecified atom stereocenters. The average molecular weight is 494 g/mol. The summed E-state index contributed by atoms with van der Waals surface area (Å²) in [5, 5.41) is 0. The van der Waals surface area contributed by atoms with Gasteiger partial charge in [-0.1, -0.05) is 18.2 Å². The summed E-state index contributed by atoms with van der Waals surface area (Å²) in [7, 11) is -2.05. The molecule has 0 N–H and O–H groups in total. The van der Waals surface area contributed by atoms with E-state index in [2.05, 4.69) is 0 Å². The van der Waals surface area contributed by atoms with Gasteiger partial charge in [-0.05, 0) is 54.6 Å². The summed E-state index contributed by atoms with van der Waals surface area (Å²) in [4.78, 5) is 0. The molecule has 0 radical (unpaired) electrons. The van der Waals surface area contributed by atoms with E-state index in [9.17, 15) is 39.5 Å². The van der Waals surface area contributed by atoms with Gasteiger partial charge in [0.2, 0.25) is 0 Å². The molecule has 13 heteroatoms. The highest BCUT2D eigenvalue weighted by Crippen LogP contribution is 2.34. The van der Waals surface area contributed by atoms with Gasteiger partial charge in [-0.15, -0.1) is 0 Å². The standard InChI is InChI=1S/C21H12BF9O3/c23-19(24,25)13-4-1-7-16(10-13)32-22(33-17-8-2-5-14(11-17)20(26,27)28)34-18-9-3-6-15(12-18)21(29,30)31/h1-12H. The molecular weight excluding hydrogens is 482 g/mol. The van der Waals surface area contributed by atoms with Crippen LogP contribution >= 0.6 is 0 Å². The Morgan fingerprint density at radius 3 is 0.941 bits per heavy atom. The summed E-state index contributed by atoms with van der Waals surface area (Å²) in [5.74, 6) is -1.38. The van der Waals surface area contributed by atoms with Gasteiger partial charge in [-0.3, -0.25) is 0 Å². The molecule has 0 aliphatic rings. The van der Waals surface area contributed by atoms with Crippen molar-refractivity contribution < 1.29 is 53.5 Å². The molecule has 0 aliphatic heterocycles. The minimum Gasteiger partial charge on any atom is -0.490 e. The van der Waals surface area contributed by atoms with E-state index in [1.807, 2.05) is 0 Å². The molecule has 0 saturated heterocycles. The molecule has 0 heterocycles. The maximum absolute atomic E-state index is 13.0. The van der Waals surface area contributed by atoms with Crippen molar-refractivity contribution in [3.8, 4) is 17.2 Å². The Bertz CT molecular complexity index is 986. The van der Waals surface area contributed by atoms with E-state index in [4.69, 9.17) is 14.0 Å². The van der Waals surface area contributed by atoms with E-state index in [-0.39, 0.29) is 0 Å². The van der Waals surface area contributed by atoms with Crippen LogP contribution in [-0.4, -0.2) is 7.32 Å². The van der Waals surface area contributed by atoms with E-state index in [1.165, 1.54) is 0 Å². The largest absolute Gasteiger partial charge is 0.864 e. The van der Waals surface area contributed by atoms with E-state index in [0.717, 1.165) is 54.6 Å². The van der Waals surface area contributed by atoms with E-state index in [0.29, 0.717) is 18.2 Å². The highest BCUT2D eigenvalue weighted by molar-refractivity contribution is 6.39. The predicted molar refractivity (Wildman–Crippen MR) is 102 cm³/mol. The second-order valence-corrected chi connectivity index (χ2v) is 6.72. The molecule has 34 heavy (non-hydrogen) atoms. The van der Waals surface area contributed by atoms with Crippen LogP contribution in [0.15, 0.2) is 72.8 Å². The zero-order chi connectivity index (χ0) is 25.1. The fourth-order valence-corrected chi connectivity index (χ4v) is 2.64. The van der Waals surface area contributed by atoms with Crippen molar-refractivity contribution >= 4 is 7.32 Å². The lowest BCUT2D eigenvalue weighted by atomic mass is 10.1. The van der Waals surface area contributed by atoms with Crippen molar-refractivity contribution in [3.05, 3.63) is 89.5 Å². The van der Waals surface area contributed by atoms with Gasteiger partial charge in [0.15, 0.2) is 0 Å². The summed E-state index contributed by atoms with van der Waals surface area (Å²) in [6.07, 6.45) is -14.2. The molecule has 0 aliphatic carbocycles. The van der Waals surface area contributed by atoms with Gasteiger partial charge in [-0.25, -0.2) is 0 Å². The topological polar surface area (TPSA) is 27.7 Å². The molecule has 0 amide bonds. The number of benzene rings is 3. The molecule has 0 bridgehead atoms. The zero-order valence-electron chi connectivity index (χ0n) is 16.6. The first kappa shape index (κ1) is 25.1. The van der Waals surface area contributed by atoms with Gasteiger partial charge < -0.3 is 14.0 Å². The average Bonchev–Trinajstić information content (AvgIpc) is 2.72. The lowest BCUT2D eigenvalue weighted by molar-refractivity contribution is -0.138. The highest BCUT2D eigenvalue weighted by Gasteiger charge is 2.36. The number of alkyl halides is 9. The van der Waals surface area contributed by atoms with Crippen molar-refractivity contribution in [1.29, 1.82) is 0 Å². The molecule has 3 rings (SSSR count). The third-order valence-corrected chi connectivity index (χ3v) is 4.18. The van der Waals surface area contributed by atoms with Crippen LogP contribution in [0.25, 0.3) is 0 Å². The van der Waals surface area contributed by atoms with Crippen LogP contribution < -0.4 is 14.0 Å². The van der Waals surface area contributed by atoms with Crippen molar-refractivity contribution in [2.45, 2.75) is 18.5 Å². The van der Waals surface area contributed by atoms with E-state index in [1.54, 1.807) is 0 Å². The Kier molecular flexibility index (Phi) is 6.94. The monoisotopic (exact) mass is 494 g/mol. The zero-order valence-corrected chi connectivity index (χ0v) is 16.6. The maximum Gasteiger partial charge on any atom is 0.864 e. The van der Waals surface area contributed by atoms with Crippen molar-refractivity contribution in [2.24, 2.45) is 0 Å². The second kappa shape index (κ2) is 9.39. The molecule has 180 valence electrons. The summed E-state index contributed by atoms with van der Waals surface area (Å²) in [6.45, 7) is 0. The summed E-state index contributed by atoms with van der Waals surface area (Å²) in [6, 6.07) is 10.1. The minimum absolute atomic E-state index is 0.459. The van der Waals surface area contributed by atoms with Gasteiger partial charge in [0.05, 0.1) is 16.7 Å². The molecule has 0 fully saturated rings. The predicted octanol–water partition coefficient (Wildman–Crippen LogP) is 7.26. The van der Waals surface area contributed by atoms with Gasteiger partial charge in [0, 0.05) is 0 Å². The molecule has 0 atom stereocenters. The van der Waals surface area contributed by atoms with Crippen LogP contribution in [-0.2, 0) is 18.5 Å². The Balaban J connectivity index is 1.92. The number of hydrogen-bond donors (Lipinski definition) is 0. The van der Waals surface area contributed by atoms with Crippen molar-refractivity contribution in [1.82, 2.24) is 0 Å². The van der Waals surface area contributed by atoms with Gasteiger partial charge in [-0.2, -0.15) is 39.5 Å². The number of halogens is 9. The number of hydrogen-bond acceptors (Lipinski definition) is 3. The van der Waals surface area contributed by atoms with E-state index >= 15 is 0 Å². The Labute approximate surface area is 186 Å². The maximum atomic E-state index is 13.0. The molecule has 0 aromatic heterocycles. The smallest absolute Gasteiger partial charge is 0.490 e. The summed E-state index contributed by atoms with van der Waals surface area (Å²) in [5.41, 5.74) is -3.33. The van der Waals surface area contributed by atoms with Crippen LogP contribution in [0.1, 0.15) is 16.7 Å². The third kappa shape index (κ3) is 6.75. The highest BCUT2D eigenvalue weighted by atomic mass is 19.4. The molecule has 3 aromatic carbocycles. The van der Waals surface area contributed by atoms with Crippen LogP contribution in [0.4, 0.5) is 39.5 Å². The normalized spacial score (nSPS) is 12.3. The lowest BCUT2D eigenvalue weighted by Crippen LogP contribution is -2.37. The molecular formula is C21H12BF9O3. The number of rotatable bonds is 6. The SMILES string of the molecule is FC(F)(F)c1cccc(OB(Oc2cccc(C(F)(F)F)c2)Oc2cccc(C(F)(F)F)c2)c1. The van der Waals surface area contributed by atoms with Crippen LogP contribution in [0.3, 0.4) is 0 Å².